The van der Waals surface area contributed by atoms with Gasteiger partial charge in [0.25, 0.3) is 0 Å². The molecular formula is C14H22N2O7. The summed E-state index contributed by atoms with van der Waals surface area (Å²) in [6.45, 7) is 2.60. The summed E-state index contributed by atoms with van der Waals surface area (Å²) in [6, 6.07) is -0.972. The van der Waals surface area contributed by atoms with Crippen LogP contribution in [0.15, 0.2) is 0 Å². The molecule has 2 atom stereocenters. The number of ether oxygens (including phenoxy) is 3. The third-order valence-corrected chi connectivity index (χ3v) is 3.19. The van der Waals surface area contributed by atoms with E-state index in [1.165, 1.54) is 0 Å². The fourth-order valence-electron chi connectivity index (χ4n) is 1.71. The van der Waals surface area contributed by atoms with Crippen LogP contribution in [0.3, 0.4) is 0 Å². The van der Waals surface area contributed by atoms with Crippen LogP contribution in [0.4, 0.5) is 0 Å². The summed E-state index contributed by atoms with van der Waals surface area (Å²) in [7, 11) is 0. The van der Waals surface area contributed by atoms with Crippen LogP contribution in [0, 0.1) is 0 Å². The number of amides is 2. The van der Waals surface area contributed by atoms with Crippen LogP contribution in [0.1, 0.15) is 26.7 Å². The Kier molecular flexibility index (Phi) is 8.03. The van der Waals surface area contributed by atoms with Crippen molar-refractivity contribution in [2.45, 2.75) is 38.8 Å². The molecule has 0 bridgehead atoms. The van der Waals surface area contributed by atoms with Crippen molar-refractivity contribution < 1.29 is 33.4 Å². The minimum atomic E-state index is -0.830. The first kappa shape index (κ1) is 18.9. The topological polar surface area (TPSA) is 120 Å². The maximum Gasteiger partial charge on any atom is 0.332 e. The smallest absolute Gasteiger partial charge is 0.332 e. The Morgan fingerprint density at radius 3 is 1.57 bits per heavy atom. The normalized spacial score (nSPS) is 25.3. The minimum Gasteiger partial charge on any atom is -0.462 e. The third-order valence-electron chi connectivity index (χ3n) is 3.19. The van der Waals surface area contributed by atoms with Crippen LogP contribution in [0.2, 0.25) is 0 Å². The van der Waals surface area contributed by atoms with Gasteiger partial charge in [-0.2, -0.15) is 0 Å². The molecule has 0 aliphatic carbocycles. The molecule has 0 saturated carbocycles. The molecule has 9 heteroatoms. The molecule has 1 aliphatic heterocycles. The largest absolute Gasteiger partial charge is 0.462 e. The second kappa shape index (κ2) is 9.78. The highest BCUT2D eigenvalue weighted by Crippen LogP contribution is 1.97. The summed E-state index contributed by atoms with van der Waals surface area (Å²) in [6.07, 6.45) is 0.956. The number of hydrogen-bond acceptors (Lipinski definition) is 7. The summed E-state index contributed by atoms with van der Waals surface area (Å²) < 4.78 is 14.7. The molecule has 2 amide bonds. The molecule has 1 aliphatic rings. The summed E-state index contributed by atoms with van der Waals surface area (Å²) in [5.74, 6) is -3.00. The van der Waals surface area contributed by atoms with Gasteiger partial charge in [0, 0.05) is 0 Å². The molecule has 0 unspecified atom stereocenters. The molecule has 2 N–H and O–H groups in total. The predicted octanol–water partition coefficient (Wildman–Crippen LogP) is -1.11. The van der Waals surface area contributed by atoms with Crippen LogP contribution < -0.4 is 10.6 Å². The molecule has 0 aromatic rings. The summed E-state index contributed by atoms with van der Waals surface area (Å²) >= 11 is 0. The van der Waals surface area contributed by atoms with Crippen LogP contribution in [-0.2, 0) is 33.4 Å². The number of nitrogens with one attached hydrogen (secondary N) is 2. The highest BCUT2D eigenvalue weighted by atomic mass is 16.6. The van der Waals surface area contributed by atoms with Gasteiger partial charge in [-0.15, -0.1) is 0 Å². The molecule has 9 nitrogen and oxygen atoms in total. The van der Waals surface area contributed by atoms with Crippen molar-refractivity contribution in [3.05, 3.63) is 0 Å². The lowest BCUT2D eigenvalue weighted by molar-refractivity contribution is -0.156. The molecule has 1 saturated heterocycles. The maximum absolute atomic E-state index is 11.8. The Balaban J connectivity index is 2.75. The number of hydrogen-bond donors (Lipinski definition) is 2. The van der Waals surface area contributed by atoms with Gasteiger partial charge in [-0.3, -0.25) is 9.59 Å². The lowest BCUT2D eigenvalue weighted by Gasteiger charge is -2.19. The Bertz CT molecular complexity index is 412. The van der Waals surface area contributed by atoms with Gasteiger partial charge in [0.2, 0.25) is 0 Å². The third kappa shape index (κ3) is 7.09. The molecule has 1 heterocycles. The first-order chi connectivity index (χ1) is 11.0. The van der Waals surface area contributed by atoms with E-state index in [-0.39, 0.29) is 13.2 Å². The summed E-state index contributed by atoms with van der Waals surface area (Å²) in [5.41, 5.74) is 0. The van der Waals surface area contributed by atoms with Gasteiger partial charge in [-0.05, 0) is 12.8 Å². The highest BCUT2D eigenvalue weighted by Gasteiger charge is 2.22. The van der Waals surface area contributed by atoms with E-state index < -0.39 is 49.1 Å². The van der Waals surface area contributed by atoms with Gasteiger partial charge in [-0.1, -0.05) is 13.8 Å². The molecule has 0 aromatic heterocycles. The summed E-state index contributed by atoms with van der Waals surface area (Å²) in [4.78, 5) is 46.5. The molecule has 1 fully saturated rings. The summed E-state index contributed by atoms with van der Waals surface area (Å²) in [5, 5.41) is 4.97. The zero-order valence-corrected chi connectivity index (χ0v) is 13.3. The Labute approximate surface area is 134 Å². The first-order valence-electron chi connectivity index (χ1n) is 7.46. The van der Waals surface area contributed by atoms with E-state index in [1.54, 1.807) is 13.8 Å². The number of esters is 2. The van der Waals surface area contributed by atoms with E-state index in [0.717, 1.165) is 0 Å². The fourth-order valence-corrected chi connectivity index (χ4v) is 1.71. The maximum atomic E-state index is 11.8. The minimum absolute atomic E-state index is 0.0840. The van der Waals surface area contributed by atoms with Gasteiger partial charge in [-0.25, -0.2) is 9.59 Å². The Morgan fingerprint density at radius 1 is 0.826 bits per heavy atom. The fraction of sp³-hybridized carbons (Fsp3) is 0.714. The average Bonchev–Trinajstić information content (AvgIpc) is 2.54. The van der Waals surface area contributed by atoms with Gasteiger partial charge in [0.1, 0.15) is 26.4 Å². The monoisotopic (exact) mass is 330 g/mol. The molecule has 130 valence electrons. The van der Waals surface area contributed by atoms with E-state index in [1.807, 2.05) is 0 Å². The zero-order valence-electron chi connectivity index (χ0n) is 13.3. The first-order valence-corrected chi connectivity index (χ1v) is 7.46. The predicted molar refractivity (Wildman–Crippen MR) is 77.2 cm³/mol. The number of carbonyl (C=O) groups is 4. The van der Waals surface area contributed by atoms with Crippen molar-refractivity contribution in [3.63, 3.8) is 0 Å². The zero-order chi connectivity index (χ0) is 17.2. The van der Waals surface area contributed by atoms with Crippen molar-refractivity contribution in [2.24, 2.45) is 0 Å². The van der Waals surface area contributed by atoms with Crippen molar-refractivity contribution in [1.82, 2.24) is 10.6 Å². The highest BCUT2D eigenvalue weighted by molar-refractivity contribution is 6.35. The van der Waals surface area contributed by atoms with Crippen LogP contribution in [0.25, 0.3) is 0 Å². The van der Waals surface area contributed by atoms with Crippen LogP contribution in [-0.4, -0.2) is 62.3 Å². The van der Waals surface area contributed by atoms with Gasteiger partial charge >= 0.3 is 23.8 Å². The quantitative estimate of drug-likeness (QED) is 0.487. The lowest BCUT2D eigenvalue weighted by atomic mass is 10.2. The molecule has 0 aromatic carbocycles. The second-order valence-electron chi connectivity index (χ2n) is 5.02. The van der Waals surface area contributed by atoms with E-state index in [9.17, 15) is 19.2 Å². The Hall–Kier alpha value is -2.16. The lowest BCUT2D eigenvalue weighted by Crippen LogP contribution is -2.49. The van der Waals surface area contributed by atoms with Crippen molar-refractivity contribution in [3.8, 4) is 0 Å². The van der Waals surface area contributed by atoms with E-state index in [4.69, 9.17) is 14.2 Å². The van der Waals surface area contributed by atoms with Gasteiger partial charge in [0.05, 0.1) is 12.1 Å². The van der Waals surface area contributed by atoms with Crippen molar-refractivity contribution in [1.29, 1.82) is 0 Å². The molecule has 0 radical (unpaired) electrons. The van der Waals surface area contributed by atoms with E-state index in [0.29, 0.717) is 12.8 Å². The van der Waals surface area contributed by atoms with Crippen molar-refractivity contribution >= 4 is 23.8 Å². The van der Waals surface area contributed by atoms with Gasteiger partial charge in [0.15, 0.2) is 0 Å². The molecular weight excluding hydrogens is 308 g/mol. The molecule has 0 spiro atoms. The Morgan fingerprint density at radius 2 is 1.22 bits per heavy atom. The van der Waals surface area contributed by atoms with E-state index >= 15 is 0 Å². The number of rotatable bonds is 2. The SMILES string of the molecule is CC[C@@H]1COC(=O)COCC(=O)OC[C@@H](CC)NC(=O)C(=O)N1. The molecule has 1 rings (SSSR count). The second-order valence-corrected chi connectivity index (χ2v) is 5.02. The molecule has 23 heavy (non-hydrogen) atoms. The standard InChI is InChI=1S/C14H22N2O7/c1-3-9-5-22-11(17)7-21-8-12(18)23-6-10(4-2)16-14(20)13(19)15-9/h9-10H,3-8H2,1-2H3,(H,15,19)(H,16,20)/t9-,10-/m1/s1. The number of carbonyl (C=O) groups excluding carboxylic acids is 4. The van der Waals surface area contributed by atoms with Crippen molar-refractivity contribution in [2.75, 3.05) is 26.4 Å². The average molecular weight is 330 g/mol. The number of cyclic esters (lactones) is 2. The van der Waals surface area contributed by atoms with E-state index in [2.05, 4.69) is 10.6 Å². The van der Waals surface area contributed by atoms with Crippen LogP contribution >= 0.6 is 0 Å². The van der Waals surface area contributed by atoms with Crippen LogP contribution in [0.5, 0.6) is 0 Å². The van der Waals surface area contributed by atoms with Gasteiger partial charge < -0.3 is 24.8 Å².